The van der Waals surface area contributed by atoms with Gasteiger partial charge in [0.15, 0.2) is 5.13 Å². The van der Waals surface area contributed by atoms with E-state index >= 15 is 0 Å². The number of carbonyl (C=O) groups is 1. The summed E-state index contributed by atoms with van der Waals surface area (Å²) in [5.74, 6) is 0.00781. The van der Waals surface area contributed by atoms with Crippen molar-refractivity contribution in [2.75, 3.05) is 38.0 Å². The van der Waals surface area contributed by atoms with Crippen LogP contribution < -0.4 is 5.32 Å². The Bertz CT molecular complexity index is 608. The van der Waals surface area contributed by atoms with Crippen LogP contribution >= 0.6 is 34.3 Å². The Balaban J connectivity index is 1.40. The molecule has 1 aliphatic heterocycles. The third-order valence-electron chi connectivity index (χ3n) is 3.52. The number of nitrogens with zero attached hydrogens (tertiary/aromatic N) is 3. The van der Waals surface area contributed by atoms with Gasteiger partial charge in [-0.3, -0.25) is 14.6 Å². The molecule has 22 heavy (non-hydrogen) atoms. The number of hydrogen-bond donors (Lipinski definition) is 1. The molecule has 0 aromatic carbocycles. The summed E-state index contributed by atoms with van der Waals surface area (Å²) < 4.78 is 0.840. The highest BCUT2D eigenvalue weighted by Crippen LogP contribution is 2.23. The molecule has 1 amide bonds. The maximum Gasteiger partial charge on any atom is 0.240 e. The summed E-state index contributed by atoms with van der Waals surface area (Å²) in [6, 6.07) is 4.03. The van der Waals surface area contributed by atoms with Gasteiger partial charge in [0, 0.05) is 49.2 Å². The smallest absolute Gasteiger partial charge is 0.240 e. The maximum absolute atomic E-state index is 11.9. The average molecular weight is 357 g/mol. The van der Waals surface area contributed by atoms with Crippen LogP contribution in [-0.4, -0.2) is 53.4 Å². The van der Waals surface area contributed by atoms with Crippen molar-refractivity contribution in [3.63, 3.8) is 0 Å². The van der Waals surface area contributed by atoms with E-state index in [2.05, 4.69) is 26.2 Å². The first kappa shape index (κ1) is 15.9. The van der Waals surface area contributed by atoms with E-state index in [-0.39, 0.29) is 5.91 Å². The molecule has 0 saturated carbocycles. The quantitative estimate of drug-likeness (QED) is 0.894. The molecule has 3 heterocycles. The summed E-state index contributed by atoms with van der Waals surface area (Å²) in [5, 5.41) is 5.34. The minimum Gasteiger partial charge on any atom is -0.301 e. The molecule has 0 atom stereocenters. The van der Waals surface area contributed by atoms with Crippen molar-refractivity contribution in [1.82, 2.24) is 14.8 Å². The summed E-state index contributed by atoms with van der Waals surface area (Å²) in [6.07, 6.45) is 1.69. The van der Waals surface area contributed by atoms with Gasteiger partial charge in [-0.15, -0.1) is 22.7 Å². The molecule has 1 saturated heterocycles. The molecule has 0 bridgehead atoms. The van der Waals surface area contributed by atoms with Crippen molar-refractivity contribution in [3.8, 4) is 0 Å². The molecule has 0 unspecified atom stereocenters. The predicted molar refractivity (Wildman–Crippen MR) is 91.8 cm³/mol. The van der Waals surface area contributed by atoms with Crippen molar-refractivity contribution < 1.29 is 4.79 Å². The molecule has 1 N–H and O–H groups in total. The Kier molecular flexibility index (Phi) is 5.43. The first-order valence-corrected chi connectivity index (χ1v) is 9.15. The number of hydrogen-bond acceptors (Lipinski definition) is 6. The number of thiazole rings is 1. The van der Waals surface area contributed by atoms with Crippen LogP contribution in [0.1, 0.15) is 4.88 Å². The van der Waals surface area contributed by atoms with Gasteiger partial charge < -0.3 is 5.32 Å². The summed E-state index contributed by atoms with van der Waals surface area (Å²) in [7, 11) is 0. The molecule has 0 spiro atoms. The lowest BCUT2D eigenvalue weighted by molar-refractivity contribution is -0.117. The summed E-state index contributed by atoms with van der Waals surface area (Å²) in [4.78, 5) is 21.9. The number of halogens is 1. The molecule has 2 aromatic heterocycles. The zero-order chi connectivity index (χ0) is 15.4. The molecule has 0 radical (unpaired) electrons. The van der Waals surface area contributed by atoms with Gasteiger partial charge in [-0.25, -0.2) is 4.98 Å². The first-order chi connectivity index (χ1) is 10.7. The lowest BCUT2D eigenvalue weighted by atomic mass is 10.3. The van der Waals surface area contributed by atoms with Crippen LogP contribution in [0.15, 0.2) is 23.7 Å². The second-order valence-corrected chi connectivity index (χ2v) is 7.84. The van der Waals surface area contributed by atoms with Gasteiger partial charge in [-0.05, 0) is 12.1 Å². The van der Waals surface area contributed by atoms with E-state index in [0.717, 1.165) is 37.1 Å². The van der Waals surface area contributed by atoms with E-state index in [1.54, 1.807) is 17.5 Å². The fourth-order valence-electron chi connectivity index (χ4n) is 2.41. The predicted octanol–water partition coefficient (Wildman–Crippen LogP) is 2.61. The van der Waals surface area contributed by atoms with Gasteiger partial charge in [0.25, 0.3) is 0 Å². The second-order valence-electron chi connectivity index (χ2n) is 5.14. The lowest BCUT2D eigenvalue weighted by Crippen LogP contribution is -2.48. The number of amides is 1. The Morgan fingerprint density at radius 2 is 2.05 bits per heavy atom. The minimum atomic E-state index is 0.00781. The van der Waals surface area contributed by atoms with Gasteiger partial charge in [0.05, 0.1) is 10.9 Å². The molecule has 118 valence electrons. The van der Waals surface area contributed by atoms with Crippen LogP contribution in [0.3, 0.4) is 0 Å². The van der Waals surface area contributed by atoms with Crippen molar-refractivity contribution in [1.29, 1.82) is 0 Å². The van der Waals surface area contributed by atoms with E-state index in [1.165, 1.54) is 16.2 Å². The SMILES string of the molecule is O=C(CN1CCN(Cc2ccc(Cl)s2)CC1)Nc1nccs1. The Hall–Kier alpha value is -0.990. The highest BCUT2D eigenvalue weighted by atomic mass is 35.5. The van der Waals surface area contributed by atoms with E-state index in [4.69, 9.17) is 11.6 Å². The summed E-state index contributed by atoms with van der Waals surface area (Å²) >= 11 is 9.03. The lowest BCUT2D eigenvalue weighted by Gasteiger charge is -2.33. The largest absolute Gasteiger partial charge is 0.301 e. The molecule has 3 rings (SSSR count). The number of thiophene rings is 1. The van der Waals surface area contributed by atoms with E-state index < -0.39 is 0 Å². The van der Waals surface area contributed by atoms with Crippen LogP contribution in [0.5, 0.6) is 0 Å². The van der Waals surface area contributed by atoms with E-state index in [0.29, 0.717) is 11.7 Å². The second kappa shape index (κ2) is 7.52. The number of anilines is 1. The van der Waals surface area contributed by atoms with Crippen molar-refractivity contribution in [2.24, 2.45) is 0 Å². The zero-order valence-corrected chi connectivity index (χ0v) is 14.4. The maximum atomic E-state index is 11.9. The monoisotopic (exact) mass is 356 g/mol. The van der Waals surface area contributed by atoms with Gasteiger partial charge in [-0.1, -0.05) is 11.6 Å². The minimum absolute atomic E-state index is 0.00781. The Morgan fingerprint density at radius 1 is 1.27 bits per heavy atom. The topological polar surface area (TPSA) is 48.5 Å². The first-order valence-electron chi connectivity index (χ1n) is 7.07. The molecule has 1 fully saturated rings. The van der Waals surface area contributed by atoms with E-state index in [9.17, 15) is 4.79 Å². The normalized spacial score (nSPS) is 16.8. The third kappa shape index (κ3) is 4.50. The molecule has 2 aromatic rings. The molecular weight excluding hydrogens is 340 g/mol. The van der Waals surface area contributed by atoms with Crippen molar-refractivity contribution in [3.05, 3.63) is 32.9 Å². The number of rotatable bonds is 5. The molecule has 0 aliphatic carbocycles. The third-order valence-corrected chi connectivity index (χ3v) is 5.42. The average Bonchev–Trinajstić information content (AvgIpc) is 3.13. The Labute approximate surface area is 142 Å². The standard InChI is InChI=1S/C14H17ClN4OS2/c15-12-2-1-11(22-12)9-18-4-6-19(7-5-18)10-13(20)17-14-16-3-8-21-14/h1-3,8H,4-7,9-10H2,(H,16,17,20). The molecular formula is C14H17ClN4OS2. The van der Waals surface area contributed by atoms with Crippen LogP contribution in [0, 0.1) is 0 Å². The summed E-state index contributed by atoms with van der Waals surface area (Å²) in [6.45, 7) is 5.13. The zero-order valence-electron chi connectivity index (χ0n) is 12.0. The van der Waals surface area contributed by atoms with Crippen molar-refractivity contribution >= 4 is 45.3 Å². The number of piperazine rings is 1. The molecule has 8 heteroatoms. The van der Waals surface area contributed by atoms with Crippen molar-refractivity contribution in [2.45, 2.75) is 6.54 Å². The summed E-state index contributed by atoms with van der Waals surface area (Å²) in [5.41, 5.74) is 0. The number of aromatic nitrogens is 1. The number of nitrogens with one attached hydrogen (secondary N) is 1. The van der Waals surface area contributed by atoms with Crippen LogP contribution in [0.25, 0.3) is 0 Å². The van der Waals surface area contributed by atoms with E-state index in [1.807, 2.05) is 11.4 Å². The van der Waals surface area contributed by atoms with Gasteiger partial charge in [0.1, 0.15) is 0 Å². The fraction of sp³-hybridized carbons (Fsp3) is 0.429. The fourth-order valence-corrected chi connectivity index (χ4v) is 4.08. The van der Waals surface area contributed by atoms with Gasteiger partial charge in [0.2, 0.25) is 5.91 Å². The van der Waals surface area contributed by atoms with Crippen LogP contribution in [0.2, 0.25) is 4.34 Å². The van der Waals surface area contributed by atoms with Crippen LogP contribution in [-0.2, 0) is 11.3 Å². The van der Waals surface area contributed by atoms with Crippen LogP contribution in [0.4, 0.5) is 5.13 Å². The number of carbonyl (C=O) groups excluding carboxylic acids is 1. The highest BCUT2D eigenvalue weighted by Gasteiger charge is 2.19. The molecule has 5 nitrogen and oxygen atoms in total. The highest BCUT2D eigenvalue weighted by molar-refractivity contribution is 7.16. The van der Waals surface area contributed by atoms with Gasteiger partial charge >= 0.3 is 0 Å². The molecule has 1 aliphatic rings. The van der Waals surface area contributed by atoms with Gasteiger partial charge in [-0.2, -0.15) is 0 Å². The Morgan fingerprint density at radius 3 is 2.68 bits per heavy atom.